The smallest absolute Gasteiger partial charge is 0.358 e. The van der Waals surface area contributed by atoms with Crippen LogP contribution < -0.4 is 0 Å². The second kappa shape index (κ2) is 5.18. The van der Waals surface area contributed by atoms with Crippen molar-refractivity contribution in [3.8, 4) is 5.69 Å². The summed E-state index contributed by atoms with van der Waals surface area (Å²) in [5.41, 5.74) is 0.766. The van der Waals surface area contributed by atoms with Crippen LogP contribution in [0.3, 0.4) is 0 Å². The highest BCUT2D eigenvalue weighted by molar-refractivity contribution is 9.10. The lowest BCUT2D eigenvalue weighted by atomic mass is 9.90. The van der Waals surface area contributed by atoms with Crippen LogP contribution in [-0.4, -0.2) is 26.1 Å². The minimum absolute atomic E-state index is 0.0423. The Labute approximate surface area is 129 Å². The SMILES string of the molecule is CC(C)(C)c1c(C(=O)O)nnn1-c1ccc(Cl)cc1Br. The number of carboxylic acid groups (broad SMARTS) is 1. The van der Waals surface area contributed by atoms with E-state index in [4.69, 9.17) is 11.6 Å². The summed E-state index contributed by atoms with van der Waals surface area (Å²) in [6.07, 6.45) is 0. The molecule has 0 aliphatic heterocycles. The molecule has 1 aromatic heterocycles. The molecule has 106 valence electrons. The van der Waals surface area contributed by atoms with Gasteiger partial charge in [0.05, 0.1) is 11.4 Å². The first-order chi connectivity index (χ1) is 9.21. The summed E-state index contributed by atoms with van der Waals surface area (Å²) in [7, 11) is 0. The van der Waals surface area contributed by atoms with Crippen molar-refractivity contribution in [2.75, 3.05) is 0 Å². The second-order valence-corrected chi connectivity index (χ2v) is 6.64. The van der Waals surface area contributed by atoms with Crippen LogP contribution in [0.4, 0.5) is 0 Å². The predicted molar refractivity (Wildman–Crippen MR) is 79.7 cm³/mol. The lowest BCUT2D eigenvalue weighted by Gasteiger charge is -2.20. The van der Waals surface area contributed by atoms with E-state index in [9.17, 15) is 9.90 Å². The molecule has 0 aliphatic carbocycles. The van der Waals surface area contributed by atoms with Gasteiger partial charge in [0.25, 0.3) is 0 Å². The zero-order valence-corrected chi connectivity index (χ0v) is 13.5. The number of carbonyl (C=O) groups is 1. The molecule has 7 heteroatoms. The van der Waals surface area contributed by atoms with Crippen molar-refractivity contribution >= 4 is 33.5 Å². The van der Waals surface area contributed by atoms with Crippen LogP contribution in [0.25, 0.3) is 5.69 Å². The molecule has 0 aliphatic rings. The standard InChI is InChI=1S/C13H13BrClN3O2/c1-13(2,3)11-10(12(19)20)16-17-18(11)9-5-4-7(15)6-8(9)14/h4-6H,1-3H3,(H,19,20). The number of aromatic nitrogens is 3. The third-order valence-electron chi connectivity index (χ3n) is 2.72. The third-order valence-corrected chi connectivity index (χ3v) is 3.59. The first-order valence-electron chi connectivity index (χ1n) is 5.86. The van der Waals surface area contributed by atoms with Gasteiger partial charge in [-0.3, -0.25) is 0 Å². The molecule has 0 bridgehead atoms. The van der Waals surface area contributed by atoms with E-state index >= 15 is 0 Å². The van der Waals surface area contributed by atoms with Gasteiger partial charge in [-0.05, 0) is 34.1 Å². The van der Waals surface area contributed by atoms with Crippen LogP contribution in [0.1, 0.15) is 37.0 Å². The van der Waals surface area contributed by atoms with Crippen LogP contribution in [0.2, 0.25) is 5.02 Å². The first kappa shape index (κ1) is 15.0. The number of rotatable bonds is 2. The third kappa shape index (κ3) is 2.71. The normalized spacial score (nSPS) is 11.7. The molecule has 0 fully saturated rings. The van der Waals surface area contributed by atoms with Crippen molar-refractivity contribution in [2.24, 2.45) is 0 Å². The Bertz CT molecular complexity index is 677. The average molecular weight is 359 g/mol. The number of carboxylic acids is 1. The van der Waals surface area contributed by atoms with Crippen molar-refractivity contribution in [3.05, 3.63) is 39.1 Å². The van der Waals surface area contributed by atoms with E-state index in [2.05, 4.69) is 26.2 Å². The molecular weight excluding hydrogens is 346 g/mol. The van der Waals surface area contributed by atoms with Crippen molar-refractivity contribution in [2.45, 2.75) is 26.2 Å². The summed E-state index contributed by atoms with van der Waals surface area (Å²) in [5, 5.41) is 17.6. The Morgan fingerprint density at radius 2 is 2.05 bits per heavy atom. The van der Waals surface area contributed by atoms with E-state index in [1.807, 2.05) is 20.8 Å². The Balaban J connectivity index is 2.72. The molecule has 1 heterocycles. The number of nitrogens with zero attached hydrogens (tertiary/aromatic N) is 3. The molecule has 0 amide bonds. The Hall–Kier alpha value is -1.40. The van der Waals surface area contributed by atoms with Gasteiger partial charge in [0.2, 0.25) is 0 Å². The molecule has 0 unspecified atom stereocenters. The maximum atomic E-state index is 11.3. The number of hydrogen-bond acceptors (Lipinski definition) is 3. The second-order valence-electron chi connectivity index (χ2n) is 5.35. The van der Waals surface area contributed by atoms with E-state index in [-0.39, 0.29) is 5.69 Å². The predicted octanol–water partition coefficient (Wildman–Crippen LogP) is 3.68. The van der Waals surface area contributed by atoms with Gasteiger partial charge in [0.1, 0.15) is 0 Å². The minimum atomic E-state index is -1.09. The van der Waals surface area contributed by atoms with Crippen molar-refractivity contribution < 1.29 is 9.90 Å². The maximum Gasteiger partial charge on any atom is 0.358 e. The number of benzene rings is 1. The summed E-state index contributed by atoms with van der Waals surface area (Å²) >= 11 is 9.33. The topological polar surface area (TPSA) is 68.0 Å². The quantitative estimate of drug-likeness (QED) is 0.889. The molecular formula is C13H13BrClN3O2. The van der Waals surface area contributed by atoms with E-state index in [1.165, 1.54) is 4.68 Å². The minimum Gasteiger partial charge on any atom is -0.476 e. The van der Waals surface area contributed by atoms with Crippen molar-refractivity contribution in [3.63, 3.8) is 0 Å². The van der Waals surface area contributed by atoms with E-state index < -0.39 is 11.4 Å². The Morgan fingerprint density at radius 1 is 1.40 bits per heavy atom. The van der Waals surface area contributed by atoms with Gasteiger partial charge >= 0.3 is 5.97 Å². The molecule has 1 N–H and O–H groups in total. The molecule has 1 aromatic carbocycles. The lowest BCUT2D eigenvalue weighted by Crippen LogP contribution is -2.21. The zero-order chi connectivity index (χ0) is 15.1. The van der Waals surface area contributed by atoms with Crippen LogP contribution >= 0.6 is 27.5 Å². The first-order valence-corrected chi connectivity index (χ1v) is 7.04. The van der Waals surface area contributed by atoms with Gasteiger partial charge < -0.3 is 5.11 Å². The maximum absolute atomic E-state index is 11.3. The highest BCUT2D eigenvalue weighted by Crippen LogP contribution is 2.31. The highest BCUT2D eigenvalue weighted by Gasteiger charge is 2.30. The summed E-state index contributed by atoms with van der Waals surface area (Å²) < 4.78 is 2.25. The summed E-state index contributed by atoms with van der Waals surface area (Å²) in [6, 6.07) is 5.21. The molecule has 20 heavy (non-hydrogen) atoms. The van der Waals surface area contributed by atoms with Crippen LogP contribution in [0.15, 0.2) is 22.7 Å². The summed E-state index contributed by atoms with van der Waals surface area (Å²) in [4.78, 5) is 11.3. The number of aromatic carboxylic acids is 1. The van der Waals surface area contributed by atoms with Gasteiger partial charge in [-0.2, -0.15) is 0 Å². The fraction of sp³-hybridized carbons (Fsp3) is 0.308. The van der Waals surface area contributed by atoms with Gasteiger partial charge in [-0.15, -0.1) is 5.10 Å². The van der Waals surface area contributed by atoms with Crippen molar-refractivity contribution in [1.29, 1.82) is 0 Å². The average Bonchev–Trinajstić information content (AvgIpc) is 2.73. The number of halogens is 2. The van der Waals surface area contributed by atoms with Crippen LogP contribution in [-0.2, 0) is 5.41 Å². The van der Waals surface area contributed by atoms with Gasteiger partial charge in [-0.25, -0.2) is 9.48 Å². The molecule has 0 atom stereocenters. The van der Waals surface area contributed by atoms with Crippen LogP contribution in [0, 0.1) is 0 Å². The molecule has 5 nitrogen and oxygen atoms in total. The van der Waals surface area contributed by atoms with Gasteiger partial charge in [0.15, 0.2) is 5.69 Å². The summed E-state index contributed by atoms with van der Waals surface area (Å²) in [6.45, 7) is 5.75. The zero-order valence-electron chi connectivity index (χ0n) is 11.2. The molecule has 2 rings (SSSR count). The number of hydrogen-bond donors (Lipinski definition) is 1. The molecule has 0 saturated carbocycles. The van der Waals surface area contributed by atoms with E-state index in [0.29, 0.717) is 16.4 Å². The largest absolute Gasteiger partial charge is 0.476 e. The fourth-order valence-corrected chi connectivity index (χ4v) is 2.77. The van der Waals surface area contributed by atoms with Gasteiger partial charge in [0, 0.05) is 14.9 Å². The van der Waals surface area contributed by atoms with E-state index in [1.54, 1.807) is 18.2 Å². The van der Waals surface area contributed by atoms with E-state index in [0.717, 1.165) is 4.47 Å². The Kier molecular flexibility index (Phi) is 3.88. The Morgan fingerprint density at radius 3 is 2.55 bits per heavy atom. The highest BCUT2D eigenvalue weighted by atomic mass is 79.9. The monoisotopic (exact) mass is 357 g/mol. The molecule has 0 spiro atoms. The summed E-state index contributed by atoms with van der Waals surface area (Å²) in [5.74, 6) is -1.09. The van der Waals surface area contributed by atoms with Crippen molar-refractivity contribution in [1.82, 2.24) is 15.0 Å². The fourth-order valence-electron chi connectivity index (χ4n) is 1.92. The molecule has 2 aromatic rings. The van der Waals surface area contributed by atoms with Crippen LogP contribution in [0.5, 0.6) is 0 Å². The van der Waals surface area contributed by atoms with Gasteiger partial charge in [-0.1, -0.05) is 37.6 Å². The molecule has 0 radical (unpaired) electrons. The lowest BCUT2D eigenvalue weighted by molar-refractivity contribution is 0.0687. The molecule has 0 saturated heterocycles.